The number of carbonyl (C=O) groups is 1. The van der Waals surface area contributed by atoms with Gasteiger partial charge in [-0.1, -0.05) is 23.2 Å². The van der Waals surface area contributed by atoms with Crippen LogP contribution in [-0.2, 0) is 4.79 Å². The van der Waals surface area contributed by atoms with E-state index in [2.05, 4.69) is 11.1 Å². The van der Waals surface area contributed by atoms with Gasteiger partial charge in [0.25, 0.3) is 0 Å². The van der Waals surface area contributed by atoms with Gasteiger partial charge in [-0.05, 0) is 43.9 Å². The van der Waals surface area contributed by atoms with E-state index in [9.17, 15) is 10.1 Å². The number of carbonyl (C=O) groups excluding carboxylic acids is 1. The first kappa shape index (κ1) is 17.8. The molecule has 7 heteroatoms. The second-order valence-corrected chi connectivity index (χ2v) is 8.49. The summed E-state index contributed by atoms with van der Waals surface area (Å²) in [5, 5.41) is 10.6. The molecule has 0 spiro atoms. The van der Waals surface area contributed by atoms with Gasteiger partial charge in [0.2, 0.25) is 5.91 Å². The Balaban J connectivity index is 1.42. The summed E-state index contributed by atoms with van der Waals surface area (Å²) in [5.41, 5.74) is 0.969. The topological polar surface area (TPSA) is 50.6 Å². The molecule has 0 aliphatic carbocycles. The number of nitriles is 1. The van der Waals surface area contributed by atoms with Gasteiger partial charge in [-0.15, -0.1) is 0 Å². The van der Waals surface area contributed by atoms with E-state index in [1.165, 1.54) is 0 Å². The van der Waals surface area contributed by atoms with Crippen molar-refractivity contribution in [2.24, 2.45) is 5.92 Å². The standard InChI is InChI=1S/C19H22Cl2N4O/c1-23(18-9-15-2-3-17(18)25(15)11-22)19(26)12-4-5-24(10-12)16-7-13(20)6-14(21)8-16/h6-8,12,15,17-18H,2-5,9-10H2,1H3/t12?,15-,17+,18+/m0/s1. The van der Waals surface area contributed by atoms with Crippen molar-refractivity contribution in [3.8, 4) is 6.19 Å². The minimum Gasteiger partial charge on any atom is -0.371 e. The smallest absolute Gasteiger partial charge is 0.227 e. The number of fused-ring (bicyclic) bond motifs is 2. The fourth-order valence-corrected chi connectivity index (χ4v) is 5.41. The summed E-state index contributed by atoms with van der Waals surface area (Å²) in [6.45, 7) is 1.50. The Bertz CT molecular complexity index is 744. The van der Waals surface area contributed by atoms with Crippen LogP contribution in [-0.4, -0.2) is 54.0 Å². The molecule has 3 fully saturated rings. The molecule has 1 amide bonds. The minimum absolute atomic E-state index is 0.0209. The molecule has 0 radical (unpaired) electrons. The number of rotatable bonds is 3. The molecule has 4 atom stereocenters. The van der Waals surface area contributed by atoms with E-state index in [4.69, 9.17) is 23.2 Å². The number of anilines is 1. The van der Waals surface area contributed by atoms with Crippen molar-refractivity contribution in [3.63, 3.8) is 0 Å². The highest BCUT2D eigenvalue weighted by Crippen LogP contribution is 2.40. The normalized spacial score (nSPS) is 29.9. The van der Waals surface area contributed by atoms with Crippen LogP contribution < -0.4 is 4.90 Å². The zero-order valence-electron chi connectivity index (χ0n) is 14.7. The maximum Gasteiger partial charge on any atom is 0.227 e. The lowest BCUT2D eigenvalue weighted by Crippen LogP contribution is -2.47. The summed E-state index contributed by atoms with van der Waals surface area (Å²) < 4.78 is 0. The first-order valence-electron chi connectivity index (χ1n) is 9.13. The molecule has 138 valence electrons. The third-order valence-corrected chi connectivity index (χ3v) is 6.65. The van der Waals surface area contributed by atoms with E-state index in [0.717, 1.165) is 37.9 Å². The third kappa shape index (κ3) is 3.00. The van der Waals surface area contributed by atoms with E-state index in [1.54, 1.807) is 6.07 Å². The zero-order valence-corrected chi connectivity index (χ0v) is 16.2. The van der Waals surface area contributed by atoms with Crippen molar-refractivity contribution >= 4 is 34.8 Å². The Hall–Kier alpha value is -1.64. The maximum atomic E-state index is 13.1. The lowest BCUT2D eigenvalue weighted by Gasteiger charge is -2.32. The monoisotopic (exact) mass is 392 g/mol. The molecule has 0 saturated carbocycles. The molecule has 2 bridgehead atoms. The van der Waals surface area contributed by atoms with Crippen molar-refractivity contribution in [3.05, 3.63) is 28.2 Å². The van der Waals surface area contributed by atoms with Crippen molar-refractivity contribution in [1.29, 1.82) is 5.26 Å². The second-order valence-electron chi connectivity index (χ2n) is 7.62. The van der Waals surface area contributed by atoms with E-state index >= 15 is 0 Å². The first-order chi connectivity index (χ1) is 12.5. The number of hydrogen-bond donors (Lipinski definition) is 0. The van der Waals surface area contributed by atoms with Gasteiger partial charge in [0, 0.05) is 41.9 Å². The Morgan fingerprint density at radius 3 is 2.62 bits per heavy atom. The van der Waals surface area contributed by atoms with E-state index < -0.39 is 0 Å². The average molecular weight is 393 g/mol. The number of halogens is 2. The highest BCUT2D eigenvalue weighted by molar-refractivity contribution is 6.35. The molecule has 5 nitrogen and oxygen atoms in total. The zero-order chi connectivity index (χ0) is 18.4. The lowest BCUT2D eigenvalue weighted by atomic mass is 9.93. The van der Waals surface area contributed by atoms with Crippen LogP contribution in [0.15, 0.2) is 18.2 Å². The first-order valence-corrected chi connectivity index (χ1v) is 9.89. The molecule has 0 aromatic heterocycles. The number of amides is 1. The van der Waals surface area contributed by atoms with Gasteiger partial charge in [0.1, 0.15) is 0 Å². The van der Waals surface area contributed by atoms with E-state index in [1.807, 2.05) is 29.0 Å². The molecule has 4 rings (SSSR count). The molecule has 0 N–H and O–H groups in total. The minimum atomic E-state index is -0.0209. The van der Waals surface area contributed by atoms with Gasteiger partial charge < -0.3 is 14.7 Å². The SMILES string of the molecule is CN(C(=O)C1CCN(c2cc(Cl)cc(Cl)c2)C1)[C@@H]1C[C@@H]2CC[C@H]1N2C#N. The van der Waals surface area contributed by atoms with E-state index in [0.29, 0.717) is 22.6 Å². The fourth-order valence-electron chi connectivity index (χ4n) is 4.90. The van der Waals surface area contributed by atoms with Crippen LogP contribution in [0.2, 0.25) is 10.0 Å². The molecule has 1 unspecified atom stereocenters. The van der Waals surface area contributed by atoms with Gasteiger partial charge in [0.05, 0.1) is 18.0 Å². The number of likely N-dealkylation sites (N-methyl/N-ethyl adjacent to an activating group) is 1. The summed E-state index contributed by atoms with van der Waals surface area (Å²) in [5.74, 6) is 0.170. The molecule has 26 heavy (non-hydrogen) atoms. The average Bonchev–Trinajstić information content (AvgIpc) is 3.33. The number of hydrogen-bond acceptors (Lipinski definition) is 4. The van der Waals surface area contributed by atoms with Crippen molar-refractivity contribution in [2.45, 2.75) is 43.8 Å². The predicted octanol–water partition coefficient (Wildman–Crippen LogP) is 3.36. The highest BCUT2D eigenvalue weighted by Gasteiger charge is 2.49. The summed E-state index contributed by atoms with van der Waals surface area (Å²) in [4.78, 5) is 19.1. The Kier molecular flexibility index (Phi) is 4.66. The molecule has 3 saturated heterocycles. The fraction of sp³-hybridized carbons (Fsp3) is 0.579. The molecular weight excluding hydrogens is 371 g/mol. The predicted molar refractivity (Wildman–Crippen MR) is 102 cm³/mol. The molecule has 1 aromatic carbocycles. The van der Waals surface area contributed by atoms with Crippen LogP contribution in [0.3, 0.4) is 0 Å². The number of benzene rings is 1. The largest absolute Gasteiger partial charge is 0.371 e. The summed E-state index contributed by atoms with van der Waals surface area (Å²) in [6, 6.07) is 6.18. The molecular formula is C19H22Cl2N4O. The van der Waals surface area contributed by atoms with Crippen molar-refractivity contribution in [1.82, 2.24) is 9.80 Å². The lowest BCUT2D eigenvalue weighted by molar-refractivity contribution is -0.136. The summed E-state index contributed by atoms with van der Waals surface area (Å²) >= 11 is 12.2. The van der Waals surface area contributed by atoms with Gasteiger partial charge in [-0.25, -0.2) is 0 Å². The third-order valence-electron chi connectivity index (χ3n) is 6.21. The van der Waals surface area contributed by atoms with E-state index in [-0.39, 0.29) is 23.9 Å². The van der Waals surface area contributed by atoms with Crippen LogP contribution in [0.5, 0.6) is 0 Å². The molecule has 3 heterocycles. The maximum absolute atomic E-state index is 13.1. The second kappa shape index (κ2) is 6.83. The van der Waals surface area contributed by atoms with Gasteiger partial charge in [-0.3, -0.25) is 4.79 Å². The van der Waals surface area contributed by atoms with Crippen LogP contribution in [0, 0.1) is 17.4 Å². The Morgan fingerprint density at radius 1 is 1.23 bits per heavy atom. The quantitative estimate of drug-likeness (QED) is 0.739. The van der Waals surface area contributed by atoms with Crippen LogP contribution in [0.4, 0.5) is 5.69 Å². The summed E-state index contributed by atoms with van der Waals surface area (Å²) in [7, 11) is 1.90. The van der Waals surface area contributed by atoms with Crippen molar-refractivity contribution < 1.29 is 4.79 Å². The van der Waals surface area contributed by atoms with Gasteiger partial charge in [0.15, 0.2) is 6.19 Å². The van der Waals surface area contributed by atoms with Crippen LogP contribution >= 0.6 is 23.2 Å². The molecule has 3 aliphatic heterocycles. The van der Waals surface area contributed by atoms with Crippen LogP contribution in [0.25, 0.3) is 0 Å². The molecule has 3 aliphatic rings. The Morgan fingerprint density at radius 2 is 1.96 bits per heavy atom. The summed E-state index contributed by atoms with van der Waals surface area (Å²) in [6.07, 6.45) is 6.15. The highest BCUT2D eigenvalue weighted by atomic mass is 35.5. The van der Waals surface area contributed by atoms with Crippen LogP contribution in [0.1, 0.15) is 25.7 Å². The van der Waals surface area contributed by atoms with Crippen molar-refractivity contribution in [2.75, 3.05) is 25.0 Å². The van der Waals surface area contributed by atoms with Gasteiger partial charge >= 0.3 is 0 Å². The van der Waals surface area contributed by atoms with Gasteiger partial charge in [-0.2, -0.15) is 5.26 Å². The molecule has 1 aromatic rings. The Labute approximate surface area is 164 Å². The number of nitrogens with zero attached hydrogens (tertiary/aromatic N) is 4.